The van der Waals surface area contributed by atoms with Crippen LogP contribution < -0.4 is 16.2 Å². The SMILES string of the molecule is CC(C)N1NC(c2ncn[nH]2)=C(N)c2ccc(-c3ccc(S(C)(=O)=O)cc3)cc21. The number of anilines is 1. The van der Waals surface area contributed by atoms with Gasteiger partial charge in [0.15, 0.2) is 15.7 Å². The van der Waals surface area contributed by atoms with Crippen LogP contribution in [0.25, 0.3) is 22.5 Å². The van der Waals surface area contributed by atoms with Crippen molar-refractivity contribution in [1.82, 2.24) is 20.6 Å². The highest BCUT2D eigenvalue weighted by Crippen LogP contribution is 2.36. The fraction of sp³-hybridized carbons (Fsp3) is 0.200. The van der Waals surface area contributed by atoms with E-state index in [4.69, 9.17) is 5.73 Å². The molecule has 29 heavy (non-hydrogen) atoms. The molecule has 2 aromatic carbocycles. The third-order valence-electron chi connectivity index (χ3n) is 4.83. The van der Waals surface area contributed by atoms with E-state index in [0.29, 0.717) is 22.1 Å². The maximum atomic E-state index is 11.7. The van der Waals surface area contributed by atoms with Gasteiger partial charge in [-0.3, -0.25) is 15.5 Å². The Morgan fingerprint density at radius 1 is 1.07 bits per heavy atom. The topological polar surface area (TPSA) is 117 Å². The molecule has 4 rings (SSSR count). The smallest absolute Gasteiger partial charge is 0.175 e. The molecule has 0 spiro atoms. The van der Waals surface area contributed by atoms with Crippen LogP contribution in [0.15, 0.2) is 53.7 Å². The molecule has 1 aliphatic rings. The molecule has 0 fully saturated rings. The van der Waals surface area contributed by atoms with Gasteiger partial charge in [-0.2, -0.15) is 5.10 Å². The lowest BCUT2D eigenvalue weighted by Gasteiger charge is -2.37. The van der Waals surface area contributed by atoms with Crippen molar-refractivity contribution in [2.75, 3.05) is 11.3 Å². The number of hydrazine groups is 1. The van der Waals surface area contributed by atoms with Gasteiger partial charge in [-0.1, -0.05) is 24.3 Å². The molecule has 8 nitrogen and oxygen atoms in total. The van der Waals surface area contributed by atoms with Crippen LogP contribution in [-0.4, -0.2) is 35.9 Å². The third-order valence-corrected chi connectivity index (χ3v) is 5.96. The van der Waals surface area contributed by atoms with Crippen molar-refractivity contribution < 1.29 is 8.42 Å². The Bertz CT molecular complexity index is 1180. The average Bonchev–Trinajstić information content (AvgIpc) is 3.21. The van der Waals surface area contributed by atoms with E-state index < -0.39 is 9.84 Å². The van der Waals surface area contributed by atoms with Crippen molar-refractivity contribution in [3.8, 4) is 11.1 Å². The van der Waals surface area contributed by atoms with Crippen molar-refractivity contribution >= 4 is 26.9 Å². The normalized spacial score (nSPS) is 14.1. The van der Waals surface area contributed by atoms with E-state index in [1.54, 1.807) is 12.1 Å². The number of benzene rings is 2. The number of aromatic nitrogens is 3. The second-order valence-corrected chi connectivity index (χ2v) is 9.24. The quantitative estimate of drug-likeness (QED) is 0.604. The van der Waals surface area contributed by atoms with Crippen molar-refractivity contribution in [2.45, 2.75) is 24.8 Å². The zero-order chi connectivity index (χ0) is 20.8. The lowest BCUT2D eigenvalue weighted by molar-refractivity contribution is 0.602. The number of hydrogen-bond donors (Lipinski definition) is 3. The summed E-state index contributed by atoms with van der Waals surface area (Å²) in [6.07, 6.45) is 2.64. The maximum absolute atomic E-state index is 11.7. The fourth-order valence-electron chi connectivity index (χ4n) is 3.32. The van der Waals surface area contributed by atoms with Crippen LogP contribution in [-0.2, 0) is 9.84 Å². The van der Waals surface area contributed by atoms with Gasteiger partial charge in [0.2, 0.25) is 0 Å². The molecular formula is C20H22N6O2S. The van der Waals surface area contributed by atoms with Gasteiger partial charge in [0.05, 0.1) is 16.3 Å². The van der Waals surface area contributed by atoms with Gasteiger partial charge in [-0.25, -0.2) is 13.4 Å². The number of nitrogens with one attached hydrogen (secondary N) is 2. The van der Waals surface area contributed by atoms with Gasteiger partial charge < -0.3 is 5.73 Å². The number of aromatic amines is 1. The number of sulfone groups is 1. The Hall–Kier alpha value is -3.33. The molecule has 0 amide bonds. The van der Waals surface area contributed by atoms with Crippen molar-refractivity contribution in [3.05, 3.63) is 60.2 Å². The molecule has 4 N–H and O–H groups in total. The molecule has 3 aromatic rings. The van der Waals surface area contributed by atoms with E-state index in [1.807, 2.05) is 35.3 Å². The Morgan fingerprint density at radius 2 is 1.76 bits per heavy atom. The molecule has 1 aliphatic heterocycles. The van der Waals surface area contributed by atoms with Gasteiger partial charge in [-0.15, -0.1) is 0 Å². The molecule has 0 saturated heterocycles. The molecule has 0 unspecified atom stereocenters. The molecule has 150 valence electrons. The molecule has 1 aromatic heterocycles. The van der Waals surface area contributed by atoms with Gasteiger partial charge in [0, 0.05) is 17.9 Å². The van der Waals surface area contributed by atoms with Crippen LogP contribution in [0.1, 0.15) is 25.2 Å². The third kappa shape index (κ3) is 3.44. The zero-order valence-electron chi connectivity index (χ0n) is 16.3. The highest BCUT2D eigenvalue weighted by molar-refractivity contribution is 7.90. The largest absolute Gasteiger partial charge is 0.396 e. The van der Waals surface area contributed by atoms with Crippen molar-refractivity contribution in [3.63, 3.8) is 0 Å². The molecular weight excluding hydrogens is 388 g/mol. The molecule has 0 bridgehead atoms. The number of fused-ring (bicyclic) bond motifs is 1. The summed E-state index contributed by atoms with van der Waals surface area (Å²) in [5.74, 6) is 0.569. The van der Waals surface area contributed by atoms with Gasteiger partial charge >= 0.3 is 0 Å². The van der Waals surface area contributed by atoms with Crippen LogP contribution in [0.5, 0.6) is 0 Å². The maximum Gasteiger partial charge on any atom is 0.175 e. The lowest BCUT2D eigenvalue weighted by atomic mass is 9.98. The first-order chi connectivity index (χ1) is 13.8. The minimum atomic E-state index is -3.23. The summed E-state index contributed by atoms with van der Waals surface area (Å²) in [6.45, 7) is 4.15. The van der Waals surface area contributed by atoms with E-state index in [1.165, 1.54) is 12.6 Å². The summed E-state index contributed by atoms with van der Waals surface area (Å²) in [5.41, 5.74) is 14.7. The summed E-state index contributed by atoms with van der Waals surface area (Å²) in [5, 5.41) is 8.78. The number of rotatable bonds is 4. The standard InChI is InChI=1S/C20H22N6O2S/c1-12(2)26-17-10-14(13-4-7-15(8-5-13)29(3,27)28)6-9-16(17)18(21)19(25-26)20-22-11-23-24-20/h4-12,25H,21H2,1-3H3,(H,22,23,24). The highest BCUT2D eigenvalue weighted by atomic mass is 32.2. The first-order valence-electron chi connectivity index (χ1n) is 9.12. The first-order valence-corrected chi connectivity index (χ1v) is 11.0. The number of nitrogens with two attached hydrogens (primary N) is 1. The number of nitrogens with zero attached hydrogens (tertiary/aromatic N) is 3. The summed E-state index contributed by atoms with van der Waals surface area (Å²) >= 11 is 0. The molecule has 0 radical (unpaired) electrons. The summed E-state index contributed by atoms with van der Waals surface area (Å²) in [4.78, 5) is 4.51. The van der Waals surface area contributed by atoms with Crippen molar-refractivity contribution in [2.24, 2.45) is 5.73 Å². The Balaban J connectivity index is 1.80. The summed E-state index contributed by atoms with van der Waals surface area (Å²) in [6, 6.07) is 13.0. The number of H-pyrrole nitrogens is 1. The van der Waals surface area contributed by atoms with Crippen LogP contribution in [0.2, 0.25) is 0 Å². The van der Waals surface area contributed by atoms with Crippen LogP contribution in [0.3, 0.4) is 0 Å². The lowest BCUT2D eigenvalue weighted by Crippen LogP contribution is -2.46. The number of hydrogen-bond acceptors (Lipinski definition) is 7. The molecule has 9 heteroatoms. The van der Waals surface area contributed by atoms with Crippen LogP contribution in [0, 0.1) is 0 Å². The van der Waals surface area contributed by atoms with Crippen molar-refractivity contribution in [1.29, 1.82) is 0 Å². The van der Waals surface area contributed by atoms with Crippen LogP contribution >= 0.6 is 0 Å². The summed E-state index contributed by atoms with van der Waals surface area (Å²) in [7, 11) is -3.23. The molecule has 0 aliphatic carbocycles. The highest BCUT2D eigenvalue weighted by Gasteiger charge is 2.27. The predicted octanol–water partition coefficient (Wildman–Crippen LogP) is 2.39. The van der Waals surface area contributed by atoms with E-state index in [9.17, 15) is 8.42 Å². The van der Waals surface area contributed by atoms with E-state index in [2.05, 4.69) is 34.5 Å². The minimum absolute atomic E-state index is 0.141. The average molecular weight is 411 g/mol. The van der Waals surface area contributed by atoms with E-state index in [-0.39, 0.29) is 6.04 Å². The first kappa shape index (κ1) is 19.0. The Labute approximate surface area is 169 Å². The monoisotopic (exact) mass is 410 g/mol. The molecule has 0 saturated carbocycles. The van der Waals surface area contributed by atoms with E-state index >= 15 is 0 Å². The predicted molar refractivity (Wildman–Crippen MR) is 113 cm³/mol. The second kappa shape index (κ2) is 6.93. The molecule has 0 atom stereocenters. The molecule has 2 heterocycles. The fourth-order valence-corrected chi connectivity index (χ4v) is 3.95. The minimum Gasteiger partial charge on any atom is -0.396 e. The Morgan fingerprint density at radius 3 is 2.34 bits per heavy atom. The van der Waals surface area contributed by atoms with Gasteiger partial charge in [-0.05, 0) is 43.2 Å². The van der Waals surface area contributed by atoms with Gasteiger partial charge in [0.25, 0.3) is 0 Å². The summed E-state index contributed by atoms with van der Waals surface area (Å²) < 4.78 is 23.4. The van der Waals surface area contributed by atoms with Gasteiger partial charge in [0.1, 0.15) is 12.0 Å². The van der Waals surface area contributed by atoms with E-state index in [0.717, 1.165) is 22.4 Å². The van der Waals surface area contributed by atoms with Crippen LogP contribution in [0.4, 0.5) is 5.69 Å². The Kier molecular flexibility index (Phi) is 4.54. The zero-order valence-corrected chi connectivity index (χ0v) is 17.2. The second-order valence-electron chi connectivity index (χ2n) is 7.23.